The first-order valence-electron chi connectivity index (χ1n) is 6.94. The number of amides is 1. The van der Waals surface area contributed by atoms with Crippen LogP contribution in [0, 0.1) is 12.3 Å². The van der Waals surface area contributed by atoms with Crippen LogP contribution < -0.4 is 4.72 Å². The zero-order valence-electron chi connectivity index (χ0n) is 11.7. The SMILES string of the molecule is Cc1cccnc1S(=O)(=O)NC(=O)C12CCC(F)(CC1)C2. The highest BCUT2D eigenvalue weighted by Crippen LogP contribution is 2.58. The Hall–Kier alpha value is -1.50. The summed E-state index contributed by atoms with van der Waals surface area (Å²) in [6.45, 7) is 1.61. The van der Waals surface area contributed by atoms with Crippen molar-refractivity contribution in [2.75, 3.05) is 0 Å². The zero-order valence-corrected chi connectivity index (χ0v) is 12.5. The number of fused-ring (bicyclic) bond motifs is 2. The number of sulfonamides is 1. The number of rotatable bonds is 3. The lowest BCUT2D eigenvalue weighted by molar-refractivity contribution is -0.128. The summed E-state index contributed by atoms with van der Waals surface area (Å²) < 4.78 is 40.8. The molecule has 1 aromatic heterocycles. The number of aromatic nitrogens is 1. The smallest absolute Gasteiger partial charge is 0.273 e. The second kappa shape index (κ2) is 4.50. The number of hydrogen-bond donors (Lipinski definition) is 1. The number of halogens is 1. The summed E-state index contributed by atoms with van der Waals surface area (Å²) in [5, 5.41) is -0.155. The maximum Gasteiger partial charge on any atom is 0.281 e. The molecule has 2 saturated carbocycles. The third kappa shape index (κ3) is 2.33. The van der Waals surface area contributed by atoms with Crippen LogP contribution in [-0.2, 0) is 14.8 Å². The first kappa shape index (κ1) is 14.4. The highest BCUT2D eigenvalue weighted by atomic mass is 32.2. The molecule has 1 amide bonds. The minimum absolute atomic E-state index is 0.128. The van der Waals surface area contributed by atoms with Gasteiger partial charge in [-0.3, -0.25) is 4.79 Å². The first-order chi connectivity index (χ1) is 9.77. The Labute approximate surface area is 123 Å². The van der Waals surface area contributed by atoms with Gasteiger partial charge in [0.25, 0.3) is 10.0 Å². The van der Waals surface area contributed by atoms with Crippen molar-refractivity contribution >= 4 is 15.9 Å². The van der Waals surface area contributed by atoms with E-state index in [2.05, 4.69) is 9.71 Å². The van der Waals surface area contributed by atoms with Gasteiger partial charge in [-0.15, -0.1) is 0 Å². The highest BCUT2D eigenvalue weighted by Gasteiger charge is 2.59. The maximum absolute atomic E-state index is 14.2. The molecule has 0 aliphatic heterocycles. The molecule has 0 radical (unpaired) electrons. The summed E-state index contributed by atoms with van der Waals surface area (Å²) in [6.07, 6.45) is 2.98. The largest absolute Gasteiger partial charge is 0.281 e. The Balaban J connectivity index is 1.84. The highest BCUT2D eigenvalue weighted by molar-refractivity contribution is 7.90. The summed E-state index contributed by atoms with van der Waals surface area (Å²) >= 11 is 0. The van der Waals surface area contributed by atoms with Gasteiger partial charge in [-0.1, -0.05) is 6.07 Å². The summed E-state index contributed by atoms with van der Waals surface area (Å²) in [6, 6.07) is 3.24. The molecule has 0 atom stereocenters. The number of aryl methyl sites for hydroxylation is 1. The molecule has 0 aromatic carbocycles. The fraction of sp³-hybridized carbons (Fsp3) is 0.571. The molecule has 1 aromatic rings. The van der Waals surface area contributed by atoms with Gasteiger partial charge in [-0.05, 0) is 50.7 Å². The molecule has 1 heterocycles. The second-order valence-electron chi connectivity index (χ2n) is 6.17. The van der Waals surface area contributed by atoms with E-state index in [-0.39, 0.29) is 11.4 Å². The standard InChI is InChI=1S/C14H17FN2O3S/c1-10-3-2-8-16-11(10)21(19,20)17-12(18)13-4-6-14(15,9-13)7-5-13/h2-3,8H,4-7,9H2,1H3,(H,17,18). The molecule has 2 aliphatic rings. The van der Waals surface area contributed by atoms with Crippen molar-refractivity contribution in [3.05, 3.63) is 23.9 Å². The minimum atomic E-state index is -4.01. The molecule has 1 N–H and O–H groups in total. The summed E-state index contributed by atoms with van der Waals surface area (Å²) in [7, 11) is -4.01. The number of hydrogen-bond acceptors (Lipinski definition) is 4. The fourth-order valence-electron chi connectivity index (χ4n) is 3.48. The van der Waals surface area contributed by atoms with E-state index >= 15 is 0 Å². The van der Waals surface area contributed by atoms with E-state index in [0.29, 0.717) is 31.2 Å². The van der Waals surface area contributed by atoms with Crippen molar-refractivity contribution in [1.82, 2.24) is 9.71 Å². The van der Waals surface area contributed by atoms with Crippen LogP contribution in [0.25, 0.3) is 0 Å². The van der Waals surface area contributed by atoms with Gasteiger partial charge in [-0.25, -0.2) is 14.1 Å². The van der Waals surface area contributed by atoms with Crippen molar-refractivity contribution in [2.24, 2.45) is 5.41 Å². The van der Waals surface area contributed by atoms with Crippen LogP contribution >= 0.6 is 0 Å². The van der Waals surface area contributed by atoms with E-state index in [0.717, 1.165) is 0 Å². The molecule has 2 fully saturated rings. The molecule has 5 nitrogen and oxygen atoms in total. The average Bonchev–Trinajstić information content (AvgIpc) is 2.93. The fourth-order valence-corrected chi connectivity index (χ4v) is 4.72. The van der Waals surface area contributed by atoms with Gasteiger partial charge >= 0.3 is 0 Å². The van der Waals surface area contributed by atoms with Gasteiger partial charge in [-0.2, -0.15) is 8.42 Å². The predicted molar refractivity (Wildman–Crippen MR) is 73.7 cm³/mol. The van der Waals surface area contributed by atoms with Crippen LogP contribution in [0.2, 0.25) is 0 Å². The molecule has 21 heavy (non-hydrogen) atoms. The molecule has 2 aliphatic carbocycles. The number of nitrogens with zero attached hydrogens (tertiary/aromatic N) is 1. The summed E-state index contributed by atoms with van der Waals surface area (Å²) in [5.41, 5.74) is -1.69. The van der Waals surface area contributed by atoms with Crippen molar-refractivity contribution in [2.45, 2.75) is 49.7 Å². The third-order valence-corrected chi connectivity index (χ3v) is 6.07. The summed E-state index contributed by atoms with van der Waals surface area (Å²) in [4.78, 5) is 16.2. The second-order valence-corrected chi connectivity index (χ2v) is 7.77. The molecule has 3 rings (SSSR count). The lowest BCUT2D eigenvalue weighted by atomic mass is 9.84. The molecular weight excluding hydrogens is 295 g/mol. The van der Waals surface area contributed by atoms with Gasteiger partial charge in [0.05, 0.1) is 5.41 Å². The van der Waals surface area contributed by atoms with E-state index in [1.165, 1.54) is 6.20 Å². The van der Waals surface area contributed by atoms with Gasteiger partial charge in [0, 0.05) is 6.20 Å². The van der Waals surface area contributed by atoms with E-state index in [4.69, 9.17) is 0 Å². The Morgan fingerprint density at radius 1 is 1.33 bits per heavy atom. The Bertz CT molecular complexity index is 694. The Morgan fingerprint density at radius 3 is 2.52 bits per heavy atom. The normalized spacial score (nSPS) is 31.3. The van der Waals surface area contributed by atoms with Gasteiger partial charge < -0.3 is 0 Å². The topological polar surface area (TPSA) is 76.1 Å². The van der Waals surface area contributed by atoms with Crippen molar-refractivity contribution in [3.63, 3.8) is 0 Å². The number of pyridine rings is 1. The van der Waals surface area contributed by atoms with Gasteiger partial charge in [0.1, 0.15) is 5.67 Å². The van der Waals surface area contributed by atoms with Crippen LogP contribution in [0.4, 0.5) is 4.39 Å². The number of carbonyl (C=O) groups is 1. The minimum Gasteiger partial charge on any atom is -0.273 e. The number of nitrogens with one attached hydrogen (secondary N) is 1. The third-order valence-electron chi connectivity index (χ3n) is 4.68. The van der Waals surface area contributed by atoms with Crippen LogP contribution in [0.15, 0.2) is 23.4 Å². The van der Waals surface area contributed by atoms with E-state index in [1.54, 1.807) is 19.1 Å². The maximum atomic E-state index is 14.2. The van der Waals surface area contributed by atoms with Crippen molar-refractivity contribution in [1.29, 1.82) is 0 Å². The monoisotopic (exact) mass is 312 g/mol. The molecule has 7 heteroatoms. The zero-order chi connectivity index (χ0) is 15.3. The molecular formula is C14H17FN2O3S. The molecule has 0 saturated heterocycles. The molecule has 2 bridgehead atoms. The lowest BCUT2D eigenvalue weighted by Crippen LogP contribution is -2.41. The lowest BCUT2D eigenvalue weighted by Gasteiger charge is -2.24. The first-order valence-corrected chi connectivity index (χ1v) is 8.43. The molecule has 114 valence electrons. The van der Waals surface area contributed by atoms with Crippen LogP contribution in [0.5, 0.6) is 0 Å². The molecule has 0 unspecified atom stereocenters. The van der Waals surface area contributed by atoms with Crippen molar-refractivity contribution in [3.8, 4) is 0 Å². The Kier molecular flexibility index (Phi) is 3.09. The van der Waals surface area contributed by atoms with E-state index in [1.807, 2.05) is 0 Å². The summed E-state index contributed by atoms with van der Waals surface area (Å²) in [5.74, 6) is -0.593. The quantitative estimate of drug-likeness (QED) is 0.924. The van der Waals surface area contributed by atoms with E-state index in [9.17, 15) is 17.6 Å². The van der Waals surface area contributed by atoms with Crippen LogP contribution in [-0.4, -0.2) is 25.0 Å². The number of carbonyl (C=O) groups excluding carboxylic acids is 1. The van der Waals surface area contributed by atoms with Gasteiger partial charge in [0.15, 0.2) is 5.03 Å². The van der Waals surface area contributed by atoms with Gasteiger partial charge in [0.2, 0.25) is 5.91 Å². The number of alkyl halides is 1. The predicted octanol–water partition coefficient (Wildman–Crippen LogP) is 1.87. The van der Waals surface area contributed by atoms with Crippen molar-refractivity contribution < 1.29 is 17.6 Å². The van der Waals surface area contributed by atoms with E-state index < -0.39 is 27.0 Å². The van der Waals surface area contributed by atoms with Crippen LogP contribution in [0.1, 0.15) is 37.7 Å². The Morgan fingerprint density at radius 2 is 2.00 bits per heavy atom. The molecule has 0 spiro atoms. The average molecular weight is 312 g/mol. The van der Waals surface area contributed by atoms with Crippen LogP contribution in [0.3, 0.4) is 0 Å².